The van der Waals surface area contributed by atoms with E-state index in [1.807, 2.05) is 0 Å². The van der Waals surface area contributed by atoms with Crippen LogP contribution in [0.15, 0.2) is 12.2 Å². The molecule has 1 aliphatic carbocycles. The Balaban J connectivity index is 0.000000504. The molecule has 4 heteroatoms. The summed E-state index contributed by atoms with van der Waals surface area (Å²) in [7, 11) is 0. The second-order valence-corrected chi connectivity index (χ2v) is 7.02. The lowest BCUT2D eigenvalue weighted by Crippen LogP contribution is -2.24. The molecule has 0 saturated carbocycles. The fourth-order valence-electron chi connectivity index (χ4n) is 3.19. The highest BCUT2D eigenvalue weighted by molar-refractivity contribution is 5.71. The number of allylic oxidation sites excluding steroid dienone is 2. The molecule has 2 atom stereocenters. The first-order valence-corrected chi connectivity index (χ1v) is 10.1. The van der Waals surface area contributed by atoms with Gasteiger partial charge in [0, 0.05) is 6.42 Å². The van der Waals surface area contributed by atoms with Gasteiger partial charge in [-0.2, -0.15) is 0 Å². The standard InChI is InChI=1S/C13H22O2.C8H16O2/c1-2-3-4-5-8-11-9-6-7-10-12(11)13(14)15;1-2-3-4-5-6-7-8(9)10/h6,9,11-12H,2-5,7-8,10H2,1H3,(H,14,15);2-7H2,1H3,(H,9,10). The highest BCUT2D eigenvalue weighted by Gasteiger charge is 2.27. The summed E-state index contributed by atoms with van der Waals surface area (Å²) in [5, 5.41) is 17.3. The van der Waals surface area contributed by atoms with Crippen molar-refractivity contribution in [3.8, 4) is 0 Å². The van der Waals surface area contributed by atoms with Crippen molar-refractivity contribution in [1.82, 2.24) is 0 Å². The van der Waals surface area contributed by atoms with Crippen molar-refractivity contribution in [3.05, 3.63) is 12.2 Å². The summed E-state index contributed by atoms with van der Waals surface area (Å²) >= 11 is 0. The van der Waals surface area contributed by atoms with Crippen LogP contribution in [-0.4, -0.2) is 22.2 Å². The second-order valence-electron chi connectivity index (χ2n) is 7.02. The first-order valence-electron chi connectivity index (χ1n) is 10.1. The maximum absolute atomic E-state index is 11.0. The fraction of sp³-hybridized carbons (Fsp3) is 0.810. The first kappa shape index (κ1) is 23.7. The lowest BCUT2D eigenvalue weighted by Gasteiger charge is -2.24. The van der Waals surface area contributed by atoms with Crippen LogP contribution in [0.3, 0.4) is 0 Å². The Labute approximate surface area is 153 Å². The lowest BCUT2D eigenvalue weighted by molar-refractivity contribution is -0.143. The minimum Gasteiger partial charge on any atom is -0.481 e. The van der Waals surface area contributed by atoms with Gasteiger partial charge in [0.1, 0.15) is 0 Å². The second kappa shape index (κ2) is 16.2. The fourth-order valence-corrected chi connectivity index (χ4v) is 3.19. The average Bonchev–Trinajstić information content (AvgIpc) is 2.59. The lowest BCUT2D eigenvalue weighted by atomic mass is 9.81. The van der Waals surface area contributed by atoms with Crippen molar-refractivity contribution in [2.24, 2.45) is 11.8 Å². The van der Waals surface area contributed by atoms with Crippen LogP contribution in [0.4, 0.5) is 0 Å². The molecule has 25 heavy (non-hydrogen) atoms. The monoisotopic (exact) mass is 354 g/mol. The van der Waals surface area contributed by atoms with Gasteiger partial charge in [0.25, 0.3) is 0 Å². The largest absolute Gasteiger partial charge is 0.481 e. The van der Waals surface area contributed by atoms with E-state index in [1.165, 1.54) is 44.9 Å². The molecule has 146 valence electrons. The van der Waals surface area contributed by atoms with E-state index >= 15 is 0 Å². The van der Waals surface area contributed by atoms with Crippen molar-refractivity contribution in [2.75, 3.05) is 0 Å². The number of aliphatic carboxylic acids is 2. The number of rotatable bonds is 12. The van der Waals surface area contributed by atoms with E-state index in [-0.39, 0.29) is 11.8 Å². The molecule has 0 heterocycles. The zero-order chi connectivity index (χ0) is 18.9. The Hall–Kier alpha value is -1.32. The van der Waals surface area contributed by atoms with Gasteiger partial charge in [-0.1, -0.05) is 77.4 Å². The summed E-state index contributed by atoms with van der Waals surface area (Å²) in [6, 6.07) is 0. The third-order valence-electron chi connectivity index (χ3n) is 4.75. The van der Waals surface area contributed by atoms with Crippen LogP contribution >= 0.6 is 0 Å². The molecule has 0 amide bonds. The van der Waals surface area contributed by atoms with Crippen molar-refractivity contribution in [2.45, 2.75) is 97.3 Å². The zero-order valence-corrected chi connectivity index (χ0v) is 16.2. The van der Waals surface area contributed by atoms with Gasteiger partial charge in [-0.05, 0) is 31.6 Å². The number of carboxylic acids is 2. The van der Waals surface area contributed by atoms with Crippen LogP contribution in [0.25, 0.3) is 0 Å². The molecule has 0 aromatic heterocycles. The van der Waals surface area contributed by atoms with Crippen LogP contribution in [0.5, 0.6) is 0 Å². The summed E-state index contributed by atoms with van der Waals surface area (Å²) in [6.07, 6.45) is 17.9. The Morgan fingerprint density at radius 2 is 1.52 bits per heavy atom. The topological polar surface area (TPSA) is 74.6 Å². The Morgan fingerprint density at radius 3 is 2.08 bits per heavy atom. The van der Waals surface area contributed by atoms with Crippen LogP contribution in [0.2, 0.25) is 0 Å². The molecular weight excluding hydrogens is 316 g/mol. The molecule has 4 nitrogen and oxygen atoms in total. The Morgan fingerprint density at radius 1 is 0.920 bits per heavy atom. The summed E-state index contributed by atoms with van der Waals surface area (Å²) in [6.45, 7) is 4.35. The quantitative estimate of drug-likeness (QED) is 0.330. The molecule has 0 fully saturated rings. The van der Waals surface area contributed by atoms with Gasteiger partial charge in [-0.15, -0.1) is 0 Å². The minimum atomic E-state index is -0.670. The summed E-state index contributed by atoms with van der Waals surface area (Å²) in [5.41, 5.74) is 0. The van der Waals surface area contributed by atoms with Gasteiger partial charge < -0.3 is 10.2 Å². The molecule has 0 radical (unpaired) electrons. The van der Waals surface area contributed by atoms with Crippen molar-refractivity contribution < 1.29 is 19.8 Å². The molecule has 2 N–H and O–H groups in total. The van der Waals surface area contributed by atoms with E-state index in [2.05, 4.69) is 26.0 Å². The third kappa shape index (κ3) is 13.6. The van der Waals surface area contributed by atoms with Crippen LogP contribution < -0.4 is 0 Å². The van der Waals surface area contributed by atoms with Gasteiger partial charge in [-0.25, -0.2) is 0 Å². The molecule has 0 aromatic rings. The predicted molar refractivity (Wildman–Crippen MR) is 103 cm³/mol. The third-order valence-corrected chi connectivity index (χ3v) is 4.75. The smallest absolute Gasteiger partial charge is 0.307 e. The molecule has 0 bridgehead atoms. The SMILES string of the molecule is CCCCCCC1C=CCCC1C(=O)O.CCCCCCCC(=O)O. The predicted octanol–water partition coefficient (Wildman–Crippen LogP) is 6.06. The Kier molecular flexibility index (Phi) is 15.3. The van der Waals surface area contributed by atoms with Gasteiger partial charge in [0.15, 0.2) is 0 Å². The van der Waals surface area contributed by atoms with Crippen LogP contribution in [0.1, 0.15) is 97.3 Å². The van der Waals surface area contributed by atoms with Crippen molar-refractivity contribution in [3.63, 3.8) is 0 Å². The molecule has 2 unspecified atom stereocenters. The molecule has 0 spiro atoms. The molecule has 0 saturated heterocycles. The van der Waals surface area contributed by atoms with Crippen molar-refractivity contribution >= 4 is 11.9 Å². The highest BCUT2D eigenvalue weighted by Crippen LogP contribution is 2.29. The normalized spacial score (nSPS) is 19.1. The first-order chi connectivity index (χ1) is 12.0. The van der Waals surface area contributed by atoms with E-state index < -0.39 is 11.9 Å². The molecule has 1 aliphatic rings. The number of hydrogen-bond acceptors (Lipinski definition) is 2. The molecular formula is C21H38O4. The molecule has 1 rings (SSSR count). The van der Waals surface area contributed by atoms with Crippen molar-refractivity contribution in [1.29, 1.82) is 0 Å². The van der Waals surface area contributed by atoms with Gasteiger partial charge in [0.2, 0.25) is 0 Å². The summed E-state index contributed by atoms with van der Waals surface area (Å²) < 4.78 is 0. The van der Waals surface area contributed by atoms with E-state index in [0.717, 1.165) is 32.1 Å². The van der Waals surface area contributed by atoms with Gasteiger partial charge >= 0.3 is 11.9 Å². The number of carboxylic acid groups (broad SMARTS) is 2. The van der Waals surface area contributed by atoms with Gasteiger partial charge in [0.05, 0.1) is 5.92 Å². The van der Waals surface area contributed by atoms with E-state index in [4.69, 9.17) is 10.2 Å². The maximum Gasteiger partial charge on any atom is 0.307 e. The Bertz CT molecular complexity index is 376. The average molecular weight is 355 g/mol. The summed E-state index contributed by atoms with van der Waals surface area (Å²) in [5.74, 6) is -1.12. The van der Waals surface area contributed by atoms with E-state index in [0.29, 0.717) is 6.42 Å². The number of hydrogen-bond donors (Lipinski definition) is 2. The van der Waals surface area contributed by atoms with Crippen LogP contribution in [0, 0.1) is 11.8 Å². The summed E-state index contributed by atoms with van der Waals surface area (Å²) in [4.78, 5) is 21.1. The zero-order valence-electron chi connectivity index (χ0n) is 16.2. The van der Waals surface area contributed by atoms with Crippen LogP contribution in [-0.2, 0) is 9.59 Å². The maximum atomic E-state index is 11.0. The number of carbonyl (C=O) groups is 2. The van der Waals surface area contributed by atoms with E-state index in [1.54, 1.807) is 0 Å². The highest BCUT2D eigenvalue weighted by atomic mass is 16.4. The molecule has 0 aromatic carbocycles. The molecule has 0 aliphatic heterocycles. The van der Waals surface area contributed by atoms with Gasteiger partial charge in [-0.3, -0.25) is 9.59 Å². The number of unbranched alkanes of at least 4 members (excludes halogenated alkanes) is 7. The van der Waals surface area contributed by atoms with E-state index in [9.17, 15) is 9.59 Å². The minimum absolute atomic E-state index is 0.128.